The molecule has 1 N–H and O–H groups in total. The summed E-state index contributed by atoms with van der Waals surface area (Å²) in [5.41, 5.74) is 2.71. The minimum atomic E-state index is 0.0709. The Balaban J connectivity index is 3.50. The van der Waals surface area contributed by atoms with Crippen LogP contribution in [0.3, 0.4) is 0 Å². The minimum Gasteiger partial charge on any atom is -0.496 e. The molecule has 0 heterocycles. The Morgan fingerprint density at radius 2 is 1.62 bits per heavy atom. The maximum absolute atomic E-state index is 9.06. The average molecular weight is 245 g/mol. The quantitative estimate of drug-likeness (QED) is 0.885. The number of aliphatic hydroxyl groups is 1. The highest BCUT2D eigenvalue weighted by Crippen LogP contribution is 2.41. The number of methoxy groups -OCH3 is 2. The van der Waals surface area contributed by atoms with E-state index in [1.165, 1.54) is 0 Å². The molecular weight excluding hydrogens is 228 g/mol. The van der Waals surface area contributed by atoms with E-state index in [0.29, 0.717) is 17.2 Å². The molecule has 0 bridgehead atoms. The van der Waals surface area contributed by atoms with Crippen molar-refractivity contribution >= 4 is 11.6 Å². The van der Waals surface area contributed by atoms with Crippen LogP contribution in [0.5, 0.6) is 11.5 Å². The molecule has 0 saturated heterocycles. The molecule has 4 heteroatoms. The molecule has 0 unspecified atom stereocenters. The van der Waals surface area contributed by atoms with E-state index in [4.69, 9.17) is 26.2 Å². The second kappa shape index (κ2) is 5.41. The predicted molar refractivity (Wildman–Crippen MR) is 64.8 cm³/mol. The van der Waals surface area contributed by atoms with Gasteiger partial charge >= 0.3 is 0 Å². The molecule has 0 aliphatic heterocycles. The van der Waals surface area contributed by atoms with E-state index in [2.05, 4.69) is 0 Å². The molecule has 16 heavy (non-hydrogen) atoms. The zero-order chi connectivity index (χ0) is 12.3. The Morgan fingerprint density at radius 1 is 1.06 bits per heavy atom. The molecular formula is C12H17ClO3. The third-order valence-electron chi connectivity index (χ3n) is 2.71. The lowest BCUT2D eigenvalue weighted by Gasteiger charge is -2.18. The van der Waals surface area contributed by atoms with Gasteiger partial charge in [0.1, 0.15) is 11.5 Å². The van der Waals surface area contributed by atoms with Crippen molar-refractivity contribution in [3.05, 3.63) is 21.7 Å². The summed E-state index contributed by atoms with van der Waals surface area (Å²) in [6.45, 7) is 3.86. The van der Waals surface area contributed by atoms with Crippen LogP contribution in [0.25, 0.3) is 0 Å². The predicted octanol–water partition coefficient (Wildman–Crippen LogP) is 2.51. The van der Waals surface area contributed by atoms with Gasteiger partial charge in [0.2, 0.25) is 0 Å². The standard InChI is InChI=1S/C12H17ClO3/c1-7-9(5-6-14)11(15-3)8(2)10(13)12(7)16-4/h14H,5-6H2,1-4H3. The molecule has 3 nitrogen and oxygen atoms in total. The van der Waals surface area contributed by atoms with Crippen LogP contribution >= 0.6 is 11.6 Å². The molecule has 0 radical (unpaired) electrons. The molecule has 90 valence electrons. The second-order valence-electron chi connectivity index (χ2n) is 3.58. The number of benzene rings is 1. The van der Waals surface area contributed by atoms with Crippen molar-refractivity contribution in [3.8, 4) is 11.5 Å². The summed E-state index contributed by atoms with van der Waals surface area (Å²) in [5.74, 6) is 1.39. The van der Waals surface area contributed by atoms with Crippen molar-refractivity contribution in [2.75, 3.05) is 20.8 Å². The van der Waals surface area contributed by atoms with Crippen LogP contribution in [0.4, 0.5) is 0 Å². The van der Waals surface area contributed by atoms with Gasteiger partial charge in [-0.05, 0) is 25.8 Å². The first kappa shape index (κ1) is 13.1. The van der Waals surface area contributed by atoms with Crippen LogP contribution in [0.1, 0.15) is 16.7 Å². The van der Waals surface area contributed by atoms with Crippen molar-refractivity contribution in [1.29, 1.82) is 0 Å². The number of halogens is 1. The lowest BCUT2D eigenvalue weighted by atomic mass is 10.00. The molecule has 0 fully saturated rings. The number of hydrogen-bond acceptors (Lipinski definition) is 3. The monoisotopic (exact) mass is 244 g/mol. The van der Waals surface area contributed by atoms with E-state index in [1.807, 2.05) is 13.8 Å². The van der Waals surface area contributed by atoms with Gasteiger partial charge in [-0.25, -0.2) is 0 Å². The second-order valence-corrected chi connectivity index (χ2v) is 3.96. The summed E-state index contributed by atoms with van der Waals surface area (Å²) >= 11 is 6.19. The van der Waals surface area contributed by atoms with Gasteiger partial charge in [-0.3, -0.25) is 0 Å². The van der Waals surface area contributed by atoms with E-state index in [9.17, 15) is 0 Å². The number of rotatable bonds is 4. The molecule has 0 aliphatic rings. The van der Waals surface area contributed by atoms with Crippen molar-refractivity contribution in [2.24, 2.45) is 0 Å². The Morgan fingerprint density at radius 3 is 2.06 bits per heavy atom. The molecule has 0 spiro atoms. The van der Waals surface area contributed by atoms with Crippen LogP contribution in [-0.2, 0) is 6.42 Å². The Hall–Kier alpha value is -0.930. The SMILES string of the molecule is COc1c(C)c(CCO)c(OC)c(C)c1Cl. The highest BCUT2D eigenvalue weighted by Gasteiger charge is 2.19. The molecule has 0 aromatic heterocycles. The van der Waals surface area contributed by atoms with Gasteiger partial charge < -0.3 is 14.6 Å². The third-order valence-corrected chi connectivity index (χ3v) is 3.16. The van der Waals surface area contributed by atoms with E-state index in [-0.39, 0.29) is 6.61 Å². The minimum absolute atomic E-state index is 0.0709. The summed E-state index contributed by atoms with van der Waals surface area (Å²) in [5, 5.41) is 9.63. The van der Waals surface area contributed by atoms with E-state index >= 15 is 0 Å². The molecule has 0 atom stereocenters. The summed E-state index contributed by atoms with van der Waals surface area (Å²) in [7, 11) is 3.19. The van der Waals surface area contributed by atoms with Crippen LogP contribution in [0.2, 0.25) is 5.02 Å². The average Bonchev–Trinajstić information content (AvgIpc) is 2.27. The number of ether oxygens (including phenoxy) is 2. The first-order chi connectivity index (χ1) is 7.58. The summed E-state index contributed by atoms with van der Waals surface area (Å²) in [6.07, 6.45) is 0.531. The maximum atomic E-state index is 9.06. The van der Waals surface area contributed by atoms with Gasteiger partial charge in [0.05, 0.1) is 19.2 Å². The lowest BCUT2D eigenvalue weighted by molar-refractivity contribution is 0.295. The normalized spacial score (nSPS) is 10.4. The Kier molecular flexibility index (Phi) is 4.44. The van der Waals surface area contributed by atoms with Crippen molar-refractivity contribution in [3.63, 3.8) is 0 Å². The van der Waals surface area contributed by atoms with Gasteiger partial charge in [-0.2, -0.15) is 0 Å². The lowest BCUT2D eigenvalue weighted by Crippen LogP contribution is -2.04. The molecule has 1 rings (SSSR count). The summed E-state index contributed by atoms with van der Waals surface area (Å²) in [4.78, 5) is 0. The molecule has 1 aromatic carbocycles. The fraction of sp³-hybridized carbons (Fsp3) is 0.500. The van der Waals surface area contributed by atoms with Crippen LogP contribution in [0, 0.1) is 13.8 Å². The van der Waals surface area contributed by atoms with Crippen molar-refractivity contribution < 1.29 is 14.6 Å². The fourth-order valence-electron chi connectivity index (χ4n) is 1.90. The largest absolute Gasteiger partial charge is 0.496 e. The van der Waals surface area contributed by atoms with Gasteiger partial charge in [0, 0.05) is 17.7 Å². The first-order valence-electron chi connectivity index (χ1n) is 5.08. The van der Waals surface area contributed by atoms with Crippen LogP contribution in [-0.4, -0.2) is 25.9 Å². The van der Waals surface area contributed by atoms with Crippen LogP contribution in [0.15, 0.2) is 0 Å². The molecule has 0 aliphatic carbocycles. The van der Waals surface area contributed by atoms with Gasteiger partial charge in [0.25, 0.3) is 0 Å². The van der Waals surface area contributed by atoms with E-state index in [0.717, 1.165) is 22.4 Å². The number of aliphatic hydroxyl groups excluding tert-OH is 1. The highest BCUT2D eigenvalue weighted by atomic mass is 35.5. The summed E-state index contributed by atoms with van der Waals surface area (Å²) in [6, 6.07) is 0. The molecule has 0 saturated carbocycles. The van der Waals surface area contributed by atoms with Gasteiger partial charge in [0.15, 0.2) is 0 Å². The summed E-state index contributed by atoms with van der Waals surface area (Å²) < 4.78 is 10.6. The van der Waals surface area contributed by atoms with Crippen LogP contribution < -0.4 is 9.47 Å². The van der Waals surface area contributed by atoms with Gasteiger partial charge in [-0.15, -0.1) is 0 Å². The van der Waals surface area contributed by atoms with Crippen molar-refractivity contribution in [2.45, 2.75) is 20.3 Å². The smallest absolute Gasteiger partial charge is 0.141 e. The van der Waals surface area contributed by atoms with E-state index in [1.54, 1.807) is 14.2 Å². The Bertz CT molecular complexity index is 389. The first-order valence-corrected chi connectivity index (χ1v) is 5.46. The van der Waals surface area contributed by atoms with Gasteiger partial charge in [-0.1, -0.05) is 11.6 Å². The fourth-order valence-corrected chi connectivity index (χ4v) is 2.20. The third kappa shape index (κ3) is 2.11. The maximum Gasteiger partial charge on any atom is 0.141 e. The molecule has 1 aromatic rings. The zero-order valence-corrected chi connectivity index (χ0v) is 10.8. The zero-order valence-electron chi connectivity index (χ0n) is 10.1. The topological polar surface area (TPSA) is 38.7 Å². The van der Waals surface area contributed by atoms with Crippen molar-refractivity contribution in [1.82, 2.24) is 0 Å². The Labute approximate surface area is 101 Å². The molecule has 0 amide bonds. The highest BCUT2D eigenvalue weighted by molar-refractivity contribution is 6.33. The number of hydrogen-bond donors (Lipinski definition) is 1. The van der Waals surface area contributed by atoms with E-state index < -0.39 is 0 Å².